The third-order valence-corrected chi connectivity index (χ3v) is 1.95. The summed E-state index contributed by atoms with van der Waals surface area (Å²) in [6, 6.07) is 0. The minimum atomic E-state index is -1.92. The second-order valence-corrected chi connectivity index (χ2v) is 2.25. The Kier molecular flexibility index (Phi) is 3.30. The Balaban J connectivity index is 4.28. The highest BCUT2D eigenvalue weighted by molar-refractivity contribution is 9.09. The number of rotatable bonds is 2. The Bertz CT molecular complexity index is 150. The van der Waals surface area contributed by atoms with E-state index >= 15 is 0 Å². The van der Waals surface area contributed by atoms with Crippen molar-refractivity contribution in [2.45, 2.75) is 0 Å². The van der Waals surface area contributed by atoms with Crippen LogP contribution in [0.1, 0.15) is 0 Å². The van der Waals surface area contributed by atoms with E-state index < -0.39 is 6.35 Å². The lowest BCUT2D eigenvalue weighted by Gasteiger charge is -2.19. The summed E-state index contributed by atoms with van der Waals surface area (Å²) >= 11 is 3.01. The van der Waals surface area contributed by atoms with Crippen LogP contribution in [0.25, 0.3) is 0 Å². The van der Waals surface area contributed by atoms with Gasteiger partial charge in [-0.15, -0.1) is 27.9 Å². The molecule has 0 atom stereocenters. The van der Waals surface area contributed by atoms with Gasteiger partial charge in [-0.3, -0.25) is 0 Å². The van der Waals surface area contributed by atoms with Gasteiger partial charge in [0.15, 0.2) is 0 Å². The zero-order chi connectivity index (χ0) is 7.33. The predicted molar refractivity (Wildman–Crippen MR) is 37.8 cm³/mol. The van der Waals surface area contributed by atoms with E-state index in [-0.39, 0.29) is 5.23 Å². The van der Waals surface area contributed by atoms with E-state index in [2.05, 4.69) is 20.6 Å². The van der Waals surface area contributed by atoms with Crippen molar-refractivity contribution in [2.24, 2.45) is 0 Å². The molecule has 0 rings (SSSR count). The lowest BCUT2D eigenvalue weighted by atomic mass is 9.45. The largest absolute Gasteiger partial charge is 0.570 e. The first-order valence-corrected chi connectivity index (χ1v) is 3.47. The third-order valence-electron chi connectivity index (χ3n) is 1.04. The first kappa shape index (κ1) is 8.48. The van der Waals surface area contributed by atoms with Gasteiger partial charge in [-0.05, 0) is 7.11 Å². The quantitative estimate of drug-likeness (QED) is 0.471. The molecule has 0 aromatic carbocycles. The van der Waals surface area contributed by atoms with Crippen molar-refractivity contribution in [1.82, 2.24) is 0 Å². The number of halogens is 1. The van der Waals surface area contributed by atoms with Crippen LogP contribution in [-0.2, 0) is 4.65 Å². The van der Waals surface area contributed by atoms with Crippen LogP contribution >= 0.6 is 15.9 Å². The fourth-order valence-corrected chi connectivity index (χ4v) is 0.820. The Morgan fingerprint density at radius 1 is 1.56 bits per heavy atom. The van der Waals surface area contributed by atoms with Crippen LogP contribution in [-0.4, -0.2) is 18.7 Å². The molecule has 0 unspecified atom stereocenters. The molecule has 0 aliphatic rings. The summed E-state index contributed by atoms with van der Waals surface area (Å²) in [7, 11) is 1.35. The van der Waals surface area contributed by atoms with Gasteiger partial charge in [0.1, 0.15) is 0 Å². The summed E-state index contributed by atoms with van der Waals surface area (Å²) in [5, 5.41) is 17.0. The molecule has 3 nitrogen and oxygen atoms in total. The molecule has 0 aromatic rings. The molecule has 0 saturated heterocycles. The van der Waals surface area contributed by atoms with E-state index in [0.717, 1.165) is 0 Å². The van der Waals surface area contributed by atoms with Gasteiger partial charge < -0.3 is 4.65 Å². The van der Waals surface area contributed by atoms with Gasteiger partial charge in [0.05, 0.1) is 0 Å². The molecular weight excluding hydrogens is 183 g/mol. The van der Waals surface area contributed by atoms with Gasteiger partial charge in [0.2, 0.25) is 0 Å². The van der Waals surface area contributed by atoms with E-state index in [1.165, 1.54) is 7.11 Å². The summed E-state index contributed by atoms with van der Waals surface area (Å²) in [5.41, 5.74) is 0. The molecule has 0 saturated carbocycles. The van der Waals surface area contributed by atoms with Crippen LogP contribution in [0.15, 0.2) is 0 Å². The summed E-state index contributed by atoms with van der Waals surface area (Å²) in [5.74, 6) is 3.59. The Morgan fingerprint density at radius 3 is 2.00 bits per heavy atom. The summed E-state index contributed by atoms with van der Waals surface area (Å²) in [6.45, 7) is 0. The maximum atomic E-state index is 8.38. The first-order chi connectivity index (χ1) is 4.24. The van der Waals surface area contributed by atoms with Crippen LogP contribution in [0.5, 0.6) is 0 Å². The van der Waals surface area contributed by atoms with Gasteiger partial charge in [-0.2, -0.15) is 0 Å². The van der Waals surface area contributed by atoms with Crippen LogP contribution in [0.4, 0.5) is 0 Å². The number of alkyl halides is 1. The van der Waals surface area contributed by atoms with Crippen LogP contribution < -0.4 is 0 Å². The van der Waals surface area contributed by atoms with Gasteiger partial charge >= 0.3 is 6.35 Å². The van der Waals surface area contributed by atoms with Gasteiger partial charge in [0, 0.05) is 0 Å². The highest BCUT2D eigenvalue weighted by Gasteiger charge is 2.21. The van der Waals surface area contributed by atoms with Crippen molar-refractivity contribution in [2.75, 3.05) is 12.3 Å². The van der Waals surface area contributed by atoms with Crippen LogP contribution in [0.2, 0.25) is 0 Å². The molecule has 0 fully saturated rings. The fraction of sp³-hybridized carbons (Fsp3) is 0.500. The standard InChI is InChI=1S/C4H5BBrN2O/c1-9-5(2-6,3-7)4-8/h2H2,1H3/q-1. The molecule has 0 aliphatic heterocycles. The van der Waals surface area contributed by atoms with E-state index in [1.807, 2.05) is 0 Å². The summed E-state index contributed by atoms with van der Waals surface area (Å²) in [6.07, 6.45) is -1.92. The van der Waals surface area contributed by atoms with Crippen molar-refractivity contribution in [3.8, 4) is 11.9 Å². The van der Waals surface area contributed by atoms with Crippen molar-refractivity contribution < 1.29 is 4.65 Å². The zero-order valence-electron chi connectivity index (χ0n) is 4.97. The van der Waals surface area contributed by atoms with E-state index in [1.54, 1.807) is 11.9 Å². The monoisotopic (exact) mass is 187 g/mol. The highest BCUT2D eigenvalue weighted by atomic mass is 79.9. The Labute approximate surface area is 62.3 Å². The molecular formula is C4H5BBrN2O-. The minimum Gasteiger partial charge on any atom is -0.570 e. The van der Waals surface area contributed by atoms with Gasteiger partial charge in [-0.25, -0.2) is 10.5 Å². The Morgan fingerprint density at radius 2 is 2.00 bits per heavy atom. The fourth-order valence-electron chi connectivity index (χ4n) is 0.266. The second kappa shape index (κ2) is 3.50. The van der Waals surface area contributed by atoms with Gasteiger partial charge in [0.25, 0.3) is 0 Å². The van der Waals surface area contributed by atoms with Crippen LogP contribution in [0, 0.1) is 22.5 Å². The highest BCUT2D eigenvalue weighted by Crippen LogP contribution is 2.03. The second-order valence-electron chi connectivity index (χ2n) is 1.60. The molecule has 48 valence electrons. The topological polar surface area (TPSA) is 56.8 Å². The lowest BCUT2D eigenvalue weighted by Crippen LogP contribution is -2.36. The van der Waals surface area contributed by atoms with Gasteiger partial charge in [-0.1, -0.05) is 5.23 Å². The molecule has 0 aromatic heterocycles. The summed E-state index contributed by atoms with van der Waals surface area (Å²) in [4.78, 5) is 0. The number of nitriles is 2. The van der Waals surface area contributed by atoms with E-state index in [4.69, 9.17) is 10.5 Å². The van der Waals surface area contributed by atoms with Crippen molar-refractivity contribution in [3.63, 3.8) is 0 Å². The lowest BCUT2D eigenvalue weighted by molar-refractivity contribution is 0.422. The normalized spacial score (nSPS) is 9.78. The molecule has 9 heavy (non-hydrogen) atoms. The van der Waals surface area contributed by atoms with Crippen molar-refractivity contribution >= 4 is 22.3 Å². The molecule has 0 spiro atoms. The molecule has 5 heteroatoms. The predicted octanol–water partition coefficient (Wildman–Crippen LogP) is 0.638. The molecule has 0 heterocycles. The average Bonchev–Trinajstić information content (AvgIpc) is 1.95. The van der Waals surface area contributed by atoms with E-state index in [0.29, 0.717) is 0 Å². The van der Waals surface area contributed by atoms with Crippen LogP contribution in [0.3, 0.4) is 0 Å². The smallest absolute Gasteiger partial charge is 0.324 e. The average molecular weight is 188 g/mol. The molecule has 0 bridgehead atoms. The molecule has 0 radical (unpaired) electrons. The van der Waals surface area contributed by atoms with E-state index in [9.17, 15) is 0 Å². The Hall–Kier alpha value is -0.515. The number of nitrogens with zero attached hydrogens (tertiary/aromatic N) is 2. The molecule has 0 amide bonds. The summed E-state index contributed by atoms with van der Waals surface area (Å²) < 4.78 is 4.68. The number of hydrogen-bond acceptors (Lipinski definition) is 3. The maximum Gasteiger partial charge on any atom is 0.324 e. The van der Waals surface area contributed by atoms with Crippen molar-refractivity contribution in [3.05, 3.63) is 0 Å². The minimum absolute atomic E-state index is 0.274. The molecule has 0 N–H and O–H groups in total. The maximum absolute atomic E-state index is 8.38. The SMILES string of the molecule is CO[B-](C#N)(C#N)CBr. The zero-order valence-corrected chi connectivity index (χ0v) is 6.55. The van der Waals surface area contributed by atoms with Crippen molar-refractivity contribution in [1.29, 1.82) is 10.5 Å². The third kappa shape index (κ3) is 1.71. The first-order valence-electron chi connectivity index (χ1n) is 2.34. The molecule has 0 aliphatic carbocycles. The number of hydrogen-bond donors (Lipinski definition) is 0.